The van der Waals surface area contributed by atoms with Gasteiger partial charge in [0.15, 0.2) is 11.7 Å². The molecule has 3 N–H and O–H groups in total. The van der Waals surface area contributed by atoms with Crippen LogP contribution in [0, 0.1) is 3.57 Å². The van der Waals surface area contributed by atoms with Gasteiger partial charge in [-0.25, -0.2) is 10.2 Å². The van der Waals surface area contributed by atoms with E-state index in [1.807, 2.05) is 48.5 Å². The van der Waals surface area contributed by atoms with E-state index in [-0.39, 0.29) is 13.2 Å². The van der Waals surface area contributed by atoms with E-state index in [4.69, 9.17) is 26.4 Å². The number of hydrogen-bond acceptors (Lipinski definition) is 7. The van der Waals surface area contributed by atoms with Gasteiger partial charge in [0.25, 0.3) is 5.91 Å². The second-order valence-corrected chi connectivity index (χ2v) is 11.5. The number of carbonyl (C=O) groups is 2. The molecule has 0 bridgehead atoms. The van der Waals surface area contributed by atoms with Crippen LogP contribution in [0.4, 0.5) is 0 Å². The lowest BCUT2D eigenvalue weighted by molar-refractivity contribution is -0.139. The topological polar surface area (TPSA) is 110 Å². The van der Waals surface area contributed by atoms with Gasteiger partial charge < -0.3 is 24.8 Å². The van der Waals surface area contributed by atoms with Gasteiger partial charge in [-0.1, -0.05) is 46.3 Å². The highest BCUT2D eigenvalue weighted by Gasteiger charge is 2.32. The van der Waals surface area contributed by atoms with E-state index in [0.29, 0.717) is 34.3 Å². The SMILES string of the molecule is CCOC(=O)C1=C(C)NC(=S)N[C@@H]1c1ccccc1OCC(=O)NN=Cc1ccc(OCc2ccc(Br)cc2)c(I)c1. The summed E-state index contributed by atoms with van der Waals surface area (Å²) in [6.07, 6.45) is 1.55. The van der Waals surface area contributed by atoms with E-state index in [1.54, 1.807) is 38.3 Å². The van der Waals surface area contributed by atoms with Crippen molar-refractivity contribution in [2.75, 3.05) is 13.2 Å². The van der Waals surface area contributed by atoms with Crippen molar-refractivity contribution in [2.45, 2.75) is 26.5 Å². The van der Waals surface area contributed by atoms with Crippen LogP contribution in [0.3, 0.4) is 0 Å². The van der Waals surface area contributed by atoms with Gasteiger partial charge in [-0.05, 0) is 96.2 Å². The molecular weight excluding hydrogens is 735 g/mol. The Balaban J connectivity index is 1.34. The molecular formula is C30H28BrIN4O5S. The molecule has 1 aliphatic heterocycles. The molecule has 0 unspecified atom stereocenters. The van der Waals surface area contributed by atoms with Gasteiger partial charge >= 0.3 is 5.97 Å². The van der Waals surface area contributed by atoms with Crippen LogP contribution in [-0.4, -0.2) is 36.4 Å². The molecule has 1 amide bonds. The smallest absolute Gasteiger partial charge is 0.338 e. The summed E-state index contributed by atoms with van der Waals surface area (Å²) in [5.41, 5.74) is 5.95. The number of ether oxygens (including phenoxy) is 3. The van der Waals surface area contributed by atoms with Gasteiger partial charge in [0.1, 0.15) is 18.1 Å². The largest absolute Gasteiger partial charge is 0.488 e. The number of benzene rings is 3. The maximum atomic E-state index is 12.7. The standard InChI is InChI=1S/C30H28BrIN4O5S/c1-3-39-29(38)27-18(2)34-30(42)35-28(27)22-6-4-5-7-24(22)41-17-26(37)36-33-15-20-10-13-25(23(32)14-20)40-16-19-8-11-21(31)12-9-19/h4-15,28H,3,16-17H2,1-2H3,(H,36,37)(H2,34,35,42)/t28-/m1/s1. The molecule has 12 heteroatoms. The Morgan fingerprint density at radius 1 is 1.10 bits per heavy atom. The molecule has 42 heavy (non-hydrogen) atoms. The Labute approximate surface area is 271 Å². The van der Waals surface area contributed by atoms with Crippen LogP contribution in [0.5, 0.6) is 11.5 Å². The Morgan fingerprint density at radius 2 is 1.86 bits per heavy atom. The minimum atomic E-state index is -0.612. The molecule has 4 rings (SSSR count). The molecule has 0 spiro atoms. The lowest BCUT2D eigenvalue weighted by atomic mass is 9.95. The summed E-state index contributed by atoms with van der Waals surface area (Å²) >= 11 is 10.9. The number of amides is 1. The van der Waals surface area contributed by atoms with Crippen molar-refractivity contribution in [3.05, 3.63) is 103 Å². The molecule has 1 heterocycles. The minimum Gasteiger partial charge on any atom is -0.488 e. The van der Waals surface area contributed by atoms with E-state index in [0.717, 1.165) is 24.9 Å². The van der Waals surface area contributed by atoms with Crippen molar-refractivity contribution >= 4 is 73.9 Å². The van der Waals surface area contributed by atoms with Crippen LogP contribution in [0.2, 0.25) is 0 Å². The van der Waals surface area contributed by atoms with E-state index in [2.05, 4.69) is 59.7 Å². The van der Waals surface area contributed by atoms with Gasteiger partial charge in [-0.15, -0.1) is 0 Å². The molecule has 0 aromatic heterocycles. The zero-order valence-corrected chi connectivity index (χ0v) is 27.3. The molecule has 218 valence electrons. The molecule has 0 saturated heterocycles. The number of allylic oxidation sites excluding steroid dienone is 1. The normalized spacial score (nSPS) is 14.7. The van der Waals surface area contributed by atoms with Crippen molar-refractivity contribution in [3.8, 4) is 11.5 Å². The van der Waals surface area contributed by atoms with Crippen molar-refractivity contribution in [1.82, 2.24) is 16.1 Å². The van der Waals surface area contributed by atoms with Crippen LogP contribution in [-0.2, 0) is 20.9 Å². The Hall–Kier alpha value is -3.49. The summed E-state index contributed by atoms with van der Waals surface area (Å²) in [5, 5.41) is 10.5. The van der Waals surface area contributed by atoms with Crippen LogP contribution in [0.15, 0.2) is 87.6 Å². The third-order valence-corrected chi connectivity index (χ3v) is 7.61. The third kappa shape index (κ3) is 8.52. The van der Waals surface area contributed by atoms with Crippen molar-refractivity contribution in [3.63, 3.8) is 0 Å². The van der Waals surface area contributed by atoms with Gasteiger partial charge in [0, 0.05) is 15.7 Å². The average molecular weight is 763 g/mol. The molecule has 3 aromatic carbocycles. The van der Waals surface area contributed by atoms with E-state index in [1.165, 1.54) is 0 Å². The minimum absolute atomic E-state index is 0.232. The second-order valence-electron chi connectivity index (χ2n) is 9.02. The molecule has 9 nitrogen and oxygen atoms in total. The zero-order valence-electron chi connectivity index (χ0n) is 22.8. The Bertz CT molecular complexity index is 1530. The molecule has 3 aromatic rings. The Kier molecular flexibility index (Phi) is 11.3. The van der Waals surface area contributed by atoms with Crippen molar-refractivity contribution < 1.29 is 23.8 Å². The highest BCUT2D eigenvalue weighted by atomic mass is 127. The number of nitrogens with one attached hydrogen (secondary N) is 3. The summed E-state index contributed by atoms with van der Waals surface area (Å²) in [6, 6.07) is 20.1. The number of nitrogens with zero attached hydrogens (tertiary/aromatic N) is 1. The summed E-state index contributed by atoms with van der Waals surface area (Å²) in [7, 11) is 0. The van der Waals surface area contributed by atoms with Crippen molar-refractivity contribution in [1.29, 1.82) is 0 Å². The molecule has 1 aliphatic rings. The first-order chi connectivity index (χ1) is 20.2. The number of thiocarbonyl (C=S) groups is 1. The fourth-order valence-electron chi connectivity index (χ4n) is 4.07. The van der Waals surface area contributed by atoms with Crippen LogP contribution < -0.4 is 25.5 Å². The maximum Gasteiger partial charge on any atom is 0.338 e. The van der Waals surface area contributed by atoms with Gasteiger partial charge in [-0.2, -0.15) is 5.10 Å². The number of rotatable bonds is 11. The first kappa shape index (κ1) is 31.4. The van der Waals surface area contributed by atoms with Crippen LogP contribution >= 0.6 is 50.7 Å². The quantitative estimate of drug-likeness (QED) is 0.0772. The molecule has 0 saturated carbocycles. The zero-order chi connectivity index (χ0) is 30.1. The average Bonchev–Trinajstić information content (AvgIpc) is 2.96. The monoisotopic (exact) mass is 762 g/mol. The Morgan fingerprint density at radius 3 is 2.60 bits per heavy atom. The van der Waals surface area contributed by atoms with E-state index < -0.39 is 17.9 Å². The number of para-hydroxylation sites is 1. The van der Waals surface area contributed by atoms with Gasteiger partial charge in [0.2, 0.25) is 0 Å². The maximum absolute atomic E-state index is 12.7. The lowest BCUT2D eigenvalue weighted by Gasteiger charge is -2.30. The van der Waals surface area contributed by atoms with Gasteiger partial charge in [0.05, 0.1) is 28.0 Å². The fourth-order valence-corrected chi connectivity index (χ4v) is 5.30. The van der Waals surface area contributed by atoms with Crippen LogP contribution in [0.1, 0.15) is 36.6 Å². The predicted octanol–water partition coefficient (Wildman–Crippen LogP) is 5.52. The summed E-state index contributed by atoms with van der Waals surface area (Å²) in [6.45, 7) is 3.90. The number of esters is 1. The molecule has 1 atom stereocenters. The molecule has 0 radical (unpaired) electrons. The summed E-state index contributed by atoms with van der Waals surface area (Å²) < 4.78 is 19.0. The lowest BCUT2D eigenvalue weighted by Crippen LogP contribution is -2.45. The third-order valence-electron chi connectivity index (χ3n) is 6.02. The van der Waals surface area contributed by atoms with Crippen LogP contribution in [0.25, 0.3) is 0 Å². The summed E-state index contributed by atoms with van der Waals surface area (Å²) in [4.78, 5) is 25.2. The van der Waals surface area contributed by atoms with E-state index >= 15 is 0 Å². The highest BCUT2D eigenvalue weighted by Crippen LogP contribution is 2.33. The summed E-state index contributed by atoms with van der Waals surface area (Å²) in [5.74, 6) is 0.258. The molecule has 0 aliphatic carbocycles. The van der Waals surface area contributed by atoms with Gasteiger partial charge in [-0.3, -0.25) is 4.79 Å². The fraction of sp³-hybridized carbons (Fsp3) is 0.200. The van der Waals surface area contributed by atoms with Crippen molar-refractivity contribution in [2.24, 2.45) is 5.10 Å². The number of carbonyl (C=O) groups excluding carboxylic acids is 2. The first-order valence-electron chi connectivity index (χ1n) is 12.9. The number of hydrogen-bond donors (Lipinski definition) is 3. The highest BCUT2D eigenvalue weighted by molar-refractivity contribution is 14.1. The number of halogens is 2. The second kappa shape index (κ2) is 15.1. The molecule has 0 fully saturated rings. The van der Waals surface area contributed by atoms with E-state index in [9.17, 15) is 9.59 Å². The predicted molar refractivity (Wildman–Crippen MR) is 176 cm³/mol. The number of hydrazone groups is 1. The first-order valence-corrected chi connectivity index (χ1v) is 15.2.